The Morgan fingerprint density at radius 1 is 1.20 bits per heavy atom. The van der Waals surface area contributed by atoms with E-state index in [1.165, 1.54) is 12.8 Å². The van der Waals surface area contributed by atoms with Gasteiger partial charge >= 0.3 is 6.03 Å². The molecule has 2 aliphatic heterocycles. The van der Waals surface area contributed by atoms with Crippen LogP contribution in [0, 0.1) is 0 Å². The summed E-state index contributed by atoms with van der Waals surface area (Å²) in [7, 11) is 0. The number of urea groups is 1. The third kappa shape index (κ3) is 5.26. The number of nitrogens with zero attached hydrogens (tertiary/aromatic N) is 1. The Morgan fingerprint density at radius 2 is 2.04 bits per heavy atom. The summed E-state index contributed by atoms with van der Waals surface area (Å²) < 4.78 is 0. The Labute approximate surface area is 148 Å². The predicted octanol–water partition coefficient (Wildman–Crippen LogP) is 0.733. The molecule has 2 heterocycles. The van der Waals surface area contributed by atoms with Gasteiger partial charge in [-0.2, -0.15) is 0 Å². The van der Waals surface area contributed by atoms with Gasteiger partial charge in [-0.1, -0.05) is 30.3 Å². The number of hydrogen-bond donors (Lipinski definition) is 4. The van der Waals surface area contributed by atoms with Crippen molar-refractivity contribution in [2.75, 3.05) is 19.6 Å². The Morgan fingerprint density at radius 3 is 2.80 bits per heavy atom. The standard InChI is InChI=1S/C18H27N5O2/c24-17(21-18(25)19-13-14-5-2-1-3-6-14)9-12-23-11-4-7-16(23)15-8-10-20-22-15/h1-3,5-6,15-16,20,22H,4,7-13H2,(H2,19,21,24,25). The number of benzene rings is 1. The zero-order valence-electron chi connectivity index (χ0n) is 14.5. The average molecular weight is 345 g/mol. The molecule has 2 atom stereocenters. The molecule has 0 aromatic heterocycles. The minimum atomic E-state index is -0.437. The van der Waals surface area contributed by atoms with Gasteiger partial charge in [0.05, 0.1) is 0 Å². The van der Waals surface area contributed by atoms with Gasteiger partial charge in [0.15, 0.2) is 0 Å². The van der Waals surface area contributed by atoms with Crippen molar-refractivity contribution < 1.29 is 9.59 Å². The maximum atomic E-state index is 12.0. The summed E-state index contributed by atoms with van der Waals surface area (Å²) in [6, 6.07) is 10.1. The second-order valence-electron chi connectivity index (χ2n) is 6.68. The Bertz CT molecular complexity index is 574. The normalized spacial score (nSPS) is 23.5. The smallest absolute Gasteiger partial charge is 0.321 e. The number of nitrogens with one attached hydrogen (secondary N) is 4. The molecule has 4 N–H and O–H groups in total. The molecule has 3 rings (SSSR count). The molecule has 25 heavy (non-hydrogen) atoms. The lowest BCUT2D eigenvalue weighted by Crippen LogP contribution is -2.47. The van der Waals surface area contributed by atoms with Crippen LogP contribution < -0.4 is 21.5 Å². The second kappa shape index (κ2) is 8.94. The zero-order chi connectivity index (χ0) is 17.5. The molecule has 2 saturated heterocycles. The molecular weight excluding hydrogens is 318 g/mol. The van der Waals surface area contributed by atoms with Gasteiger partial charge in [-0.3, -0.25) is 25.9 Å². The van der Waals surface area contributed by atoms with Gasteiger partial charge in [0.1, 0.15) is 0 Å². The summed E-state index contributed by atoms with van der Waals surface area (Å²) in [4.78, 5) is 26.2. The minimum absolute atomic E-state index is 0.228. The zero-order valence-corrected chi connectivity index (χ0v) is 14.5. The topological polar surface area (TPSA) is 85.5 Å². The van der Waals surface area contributed by atoms with Crippen molar-refractivity contribution >= 4 is 11.9 Å². The number of imide groups is 1. The third-order valence-corrected chi connectivity index (χ3v) is 4.92. The van der Waals surface area contributed by atoms with Gasteiger partial charge in [0.2, 0.25) is 5.91 Å². The third-order valence-electron chi connectivity index (χ3n) is 4.92. The van der Waals surface area contributed by atoms with Crippen molar-refractivity contribution in [2.45, 2.75) is 44.3 Å². The second-order valence-corrected chi connectivity index (χ2v) is 6.68. The molecule has 7 nitrogen and oxygen atoms in total. The number of hydrogen-bond acceptors (Lipinski definition) is 5. The first-order valence-corrected chi connectivity index (χ1v) is 9.06. The summed E-state index contributed by atoms with van der Waals surface area (Å²) in [5.41, 5.74) is 7.51. The van der Waals surface area contributed by atoms with Crippen LogP contribution in [0.2, 0.25) is 0 Å². The molecule has 0 radical (unpaired) electrons. The number of amides is 3. The fraction of sp³-hybridized carbons (Fsp3) is 0.556. The first-order valence-electron chi connectivity index (χ1n) is 9.06. The van der Waals surface area contributed by atoms with Gasteiger partial charge in [-0.05, 0) is 31.4 Å². The monoisotopic (exact) mass is 345 g/mol. The summed E-state index contributed by atoms with van der Waals surface area (Å²) in [6.07, 6.45) is 3.80. The molecule has 136 valence electrons. The molecule has 1 aromatic rings. The quantitative estimate of drug-likeness (QED) is 0.611. The van der Waals surface area contributed by atoms with Crippen molar-refractivity contribution in [3.8, 4) is 0 Å². The van der Waals surface area contributed by atoms with E-state index in [0.717, 1.165) is 25.1 Å². The van der Waals surface area contributed by atoms with Crippen LogP contribution in [0.4, 0.5) is 4.79 Å². The van der Waals surface area contributed by atoms with Crippen LogP contribution in [0.3, 0.4) is 0 Å². The molecule has 0 bridgehead atoms. The van der Waals surface area contributed by atoms with Crippen molar-refractivity contribution in [3.05, 3.63) is 35.9 Å². The number of carbonyl (C=O) groups excluding carboxylic acids is 2. The van der Waals surface area contributed by atoms with Gasteiger partial charge in [-0.15, -0.1) is 0 Å². The highest BCUT2D eigenvalue weighted by Gasteiger charge is 2.33. The molecule has 0 spiro atoms. The van der Waals surface area contributed by atoms with Crippen LogP contribution in [0.15, 0.2) is 30.3 Å². The van der Waals surface area contributed by atoms with Gasteiger partial charge in [0, 0.05) is 38.1 Å². The largest absolute Gasteiger partial charge is 0.334 e. The van der Waals surface area contributed by atoms with E-state index in [0.29, 0.717) is 31.6 Å². The van der Waals surface area contributed by atoms with Gasteiger partial charge in [-0.25, -0.2) is 4.79 Å². The molecule has 0 aliphatic carbocycles. The molecular formula is C18H27N5O2. The number of hydrazine groups is 1. The highest BCUT2D eigenvalue weighted by Crippen LogP contribution is 2.22. The van der Waals surface area contributed by atoms with Crippen LogP contribution in [0.1, 0.15) is 31.2 Å². The van der Waals surface area contributed by atoms with E-state index < -0.39 is 6.03 Å². The van der Waals surface area contributed by atoms with Crippen molar-refractivity contribution in [2.24, 2.45) is 0 Å². The van der Waals surface area contributed by atoms with E-state index in [4.69, 9.17) is 0 Å². The molecule has 0 saturated carbocycles. The Balaban J connectivity index is 1.36. The molecule has 2 unspecified atom stereocenters. The maximum absolute atomic E-state index is 12.0. The van der Waals surface area contributed by atoms with E-state index in [-0.39, 0.29) is 5.91 Å². The fourth-order valence-electron chi connectivity index (χ4n) is 3.63. The maximum Gasteiger partial charge on any atom is 0.321 e. The van der Waals surface area contributed by atoms with E-state index >= 15 is 0 Å². The van der Waals surface area contributed by atoms with Crippen LogP contribution in [0.25, 0.3) is 0 Å². The molecule has 2 aliphatic rings. The van der Waals surface area contributed by atoms with Gasteiger partial charge < -0.3 is 5.32 Å². The lowest BCUT2D eigenvalue weighted by atomic mass is 10.0. The summed E-state index contributed by atoms with van der Waals surface area (Å²) >= 11 is 0. The highest BCUT2D eigenvalue weighted by molar-refractivity contribution is 5.94. The molecule has 3 amide bonds. The van der Waals surface area contributed by atoms with E-state index in [9.17, 15) is 9.59 Å². The van der Waals surface area contributed by atoms with Crippen LogP contribution in [-0.2, 0) is 11.3 Å². The first kappa shape index (κ1) is 17.8. The highest BCUT2D eigenvalue weighted by atomic mass is 16.2. The Kier molecular flexibility index (Phi) is 6.38. The summed E-state index contributed by atoms with van der Waals surface area (Å²) in [5, 5.41) is 5.12. The average Bonchev–Trinajstić information content (AvgIpc) is 3.30. The SMILES string of the molecule is O=C(CCN1CCCC1C1CCNN1)NC(=O)NCc1ccccc1. The number of carbonyl (C=O) groups is 2. The first-order chi connectivity index (χ1) is 12.2. The molecule has 7 heteroatoms. The van der Waals surface area contributed by atoms with Crippen LogP contribution in [-0.4, -0.2) is 48.6 Å². The summed E-state index contributed by atoms with van der Waals surface area (Å²) in [6.45, 7) is 3.13. The fourth-order valence-corrected chi connectivity index (χ4v) is 3.63. The van der Waals surface area contributed by atoms with E-state index in [1.807, 2.05) is 30.3 Å². The number of rotatable bonds is 6. The van der Waals surface area contributed by atoms with Crippen molar-refractivity contribution in [1.82, 2.24) is 26.4 Å². The minimum Gasteiger partial charge on any atom is -0.334 e. The van der Waals surface area contributed by atoms with Gasteiger partial charge in [0.25, 0.3) is 0 Å². The molecule has 1 aromatic carbocycles. The van der Waals surface area contributed by atoms with E-state index in [1.54, 1.807) is 0 Å². The van der Waals surface area contributed by atoms with Crippen LogP contribution in [0.5, 0.6) is 0 Å². The number of likely N-dealkylation sites (tertiary alicyclic amines) is 1. The molecule has 2 fully saturated rings. The lowest BCUT2D eigenvalue weighted by molar-refractivity contribution is -0.120. The summed E-state index contributed by atoms with van der Waals surface area (Å²) in [5.74, 6) is -0.228. The Hall–Kier alpha value is -1.96. The van der Waals surface area contributed by atoms with Crippen molar-refractivity contribution in [1.29, 1.82) is 0 Å². The van der Waals surface area contributed by atoms with Crippen LogP contribution >= 0.6 is 0 Å². The lowest BCUT2D eigenvalue weighted by Gasteiger charge is -2.28. The van der Waals surface area contributed by atoms with Crippen molar-refractivity contribution in [3.63, 3.8) is 0 Å². The predicted molar refractivity (Wildman–Crippen MR) is 95.6 cm³/mol. The van der Waals surface area contributed by atoms with E-state index in [2.05, 4.69) is 26.4 Å².